The molecule has 3 aromatic carbocycles. The first-order valence-corrected chi connectivity index (χ1v) is 10.3. The predicted octanol–water partition coefficient (Wildman–Crippen LogP) is 6.27. The standard InChI is InChI=1S/C26H28N2O2/c1-2-3-4-5-19-6-8-20(9-7-19)10-15-26(29)21-11-13-24(14-12-21)30-25-17-22(27)16-23(28)18-25/h6-18H,2-5,27-28H2,1H3. The molecule has 0 saturated heterocycles. The van der Waals surface area contributed by atoms with Crippen molar-refractivity contribution in [1.82, 2.24) is 0 Å². The van der Waals surface area contributed by atoms with Crippen molar-refractivity contribution in [2.45, 2.75) is 32.6 Å². The first kappa shape index (κ1) is 21.2. The second-order valence-electron chi connectivity index (χ2n) is 7.36. The average molecular weight is 401 g/mol. The molecule has 0 saturated carbocycles. The number of ketones is 1. The summed E-state index contributed by atoms with van der Waals surface area (Å²) in [6.07, 6.45) is 8.25. The first-order chi connectivity index (χ1) is 14.5. The molecule has 0 aliphatic heterocycles. The fourth-order valence-electron chi connectivity index (χ4n) is 3.17. The fraction of sp³-hybridized carbons (Fsp3) is 0.192. The average Bonchev–Trinajstić information content (AvgIpc) is 2.73. The zero-order chi connectivity index (χ0) is 21.3. The molecule has 4 heteroatoms. The van der Waals surface area contributed by atoms with Crippen molar-refractivity contribution in [1.29, 1.82) is 0 Å². The topological polar surface area (TPSA) is 78.3 Å². The smallest absolute Gasteiger partial charge is 0.185 e. The zero-order valence-electron chi connectivity index (χ0n) is 17.3. The molecule has 0 aliphatic carbocycles. The molecule has 0 spiro atoms. The summed E-state index contributed by atoms with van der Waals surface area (Å²) >= 11 is 0. The minimum absolute atomic E-state index is 0.0539. The Bertz CT molecular complexity index is 986. The lowest BCUT2D eigenvalue weighted by Crippen LogP contribution is -1.95. The highest BCUT2D eigenvalue weighted by molar-refractivity contribution is 6.06. The number of hydrogen-bond acceptors (Lipinski definition) is 4. The van der Waals surface area contributed by atoms with Gasteiger partial charge in [-0.3, -0.25) is 4.79 Å². The van der Waals surface area contributed by atoms with Crippen molar-refractivity contribution < 1.29 is 9.53 Å². The summed E-state index contributed by atoms with van der Waals surface area (Å²) in [5, 5.41) is 0. The van der Waals surface area contributed by atoms with Gasteiger partial charge in [-0.2, -0.15) is 0 Å². The largest absolute Gasteiger partial charge is 0.457 e. The van der Waals surface area contributed by atoms with Gasteiger partial charge >= 0.3 is 0 Å². The summed E-state index contributed by atoms with van der Waals surface area (Å²) in [5.41, 5.74) is 15.6. The second-order valence-corrected chi connectivity index (χ2v) is 7.36. The van der Waals surface area contributed by atoms with Crippen LogP contribution in [0.5, 0.6) is 11.5 Å². The molecule has 0 unspecified atom stereocenters. The highest BCUT2D eigenvalue weighted by Crippen LogP contribution is 2.26. The Kier molecular flexibility index (Phi) is 7.28. The van der Waals surface area contributed by atoms with E-state index in [0.717, 1.165) is 12.0 Å². The summed E-state index contributed by atoms with van der Waals surface area (Å²) < 4.78 is 5.76. The van der Waals surface area contributed by atoms with Crippen LogP contribution >= 0.6 is 0 Å². The number of benzene rings is 3. The van der Waals surface area contributed by atoms with E-state index in [1.807, 2.05) is 6.08 Å². The van der Waals surface area contributed by atoms with Gasteiger partial charge < -0.3 is 16.2 Å². The van der Waals surface area contributed by atoms with Crippen molar-refractivity contribution in [3.05, 3.63) is 89.5 Å². The van der Waals surface area contributed by atoms with Gasteiger partial charge in [-0.05, 0) is 60.4 Å². The second kappa shape index (κ2) is 10.3. The summed E-state index contributed by atoms with van der Waals surface area (Å²) in [5.74, 6) is 1.12. The van der Waals surface area contributed by atoms with Crippen LogP contribution in [0.15, 0.2) is 72.8 Å². The van der Waals surface area contributed by atoms with Gasteiger partial charge in [-0.15, -0.1) is 0 Å². The Morgan fingerprint density at radius 2 is 1.53 bits per heavy atom. The molecule has 0 atom stereocenters. The lowest BCUT2D eigenvalue weighted by atomic mass is 10.0. The summed E-state index contributed by atoms with van der Waals surface area (Å²) in [6.45, 7) is 2.21. The van der Waals surface area contributed by atoms with Gasteiger partial charge in [0.1, 0.15) is 11.5 Å². The molecule has 3 aromatic rings. The molecule has 0 fully saturated rings. The van der Waals surface area contributed by atoms with Gasteiger partial charge in [-0.25, -0.2) is 0 Å². The molecule has 4 N–H and O–H groups in total. The maximum atomic E-state index is 12.5. The van der Waals surface area contributed by atoms with E-state index < -0.39 is 0 Å². The van der Waals surface area contributed by atoms with Crippen LogP contribution in [0.4, 0.5) is 11.4 Å². The number of anilines is 2. The van der Waals surface area contributed by atoms with Crippen LogP contribution in [-0.2, 0) is 6.42 Å². The maximum absolute atomic E-state index is 12.5. The first-order valence-electron chi connectivity index (χ1n) is 10.3. The third kappa shape index (κ3) is 6.24. The van der Waals surface area contributed by atoms with Gasteiger partial charge in [0.25, 0.3) is 0 Å². The molecular formula is C26H28N2O2. The summed E-state index contributed by atoms with van der Waals surface area (Å²) in [7, 11) is 0. The van der Waals surface area contributed by atoms with Gasteiger partial charge in [0.05, 0.1) is 0 Å². The lowest BCUT2D eigenvalue weighted by molar-refractivity contribution is 0.104. The number of carbonyl (C=O) groups is 1. The van der Waals surface area contributed by atoms with Gasteiger partial charge in [-0.1, -0.05) is 50.1 Å². The quantitative estimate of drug-likeness (QED) is 0.192. The number of aryl methyl sites for hydroxylation is 1. The maximum Gasteiger partial charge on any atom is 0.185 e. The normalized spacial score (nSPS) is 11.0. The minimum Gasteiger partial charge on any atom is -0.457 e. The third-order valence-corrected chi connectivity index (χ3v) is 4.80. The molecule has 0 bridgehead atoms. The van der Waals surface area contributed by atoms with E-state index in [1.54, 1.807) is 48.5 Å². The molecule has 4 nitrogen and oxygen atoms in total. The van der Waals surface area contributed by atoms with Crippen LogP contribution in [0.3, 0.4) is 0 Å². The van der Waals surface area contributed by atoms with Gasteiger partial charge in [0.2, 0.25) is 0 Å². The summed E-state index contributed by atoms with van der Waals surface area (Å²) in [4.78, 5) is 12.5. The van der Waals surface area contributed by atoms with Crippen LogP contribution in [-0.4, -0.2) is 5.78 Å². The van der Waals surface area contributed by atoms with Crippen molar-refractivity contribution in [2.24, 2.45) is 0 Å². The monoisotopic (exact) mass is 400 g/mol. The van der Waals surface area contributed by atoms with Crippen LogP contribution in [0.2, 0.25) is 0 Å². The Balaban J connectivity index is 1.58. The van der Waals surface area contributed by atoms with E-state index in [1.165, 1.54) is 24.8 Å². The number of rotatable bonds is 9. The predicted molar refractivity (Wildman–Crippen MR) is 125 cm³/mol. The van der Waals surface area contributed by atoms with E-state index >= 15 is 0 Å². The van der Waals surface area contributed by atoms with Crippen LogP contribution in [0, 0.1) is 0 Å². The molecular weight excluding hydrogens is 372 g/mol. The highest BCUT2D eigenvalue weighted by atomic mass is 16.5. The molecule has 154 valence electrons. The molecule has 3 rings (SSSR count). The Morgan fingerprint density at radius 1 is 0.867 bits per heavy atom. The molecule has 30 heavy (non-hydrogen) atoms. The third-order valence-electron chi connectivity index (χ3n) is 4.80. The number of nitrogens with two attached hydrogens (primary N) is 2. The number of ether oxygens (including phenoxy) is 1. The number of allylic oxidation sites excluding steroid dienone is 1. The Hall–Kier alpha value is -3.53. The van der Waals surface area contributed by atoms with Crippen molar-refractivity contribution >= 4 is 23.2 Å². The SMILES string of the molecule is CCCCCc1ccc(C=CC(=O)c2ccc(Oc3cc(N)cc(N)c3)cc2)cc1. The Labute approximate surface area is 178 Å². The highest BCUT2D eigenvalue weighted by Gasteiger charge is 2.04. The van der Waals surface area contributed by atoms with Crippen molar-refractivity contribution in [3.8, 4) is 11.5 Å². The molecule has 0 amide bonds. The molecule has 0 heterocycles. The van der Waals surface area contributed by atoms with Gasteiger partial charge in [0, 0.05) is 29.1 Å². The van der Waals surface area contributed by atoms with Crippen molar-refractivity contribution in [3.63, 3.8) is 0 Å². The number of carbonyl (C=O) groups excluding carboxylic acids is 1. The zero-order valence-corrected chi connectivity index (χ0v) is 17.3. The summed E-state index contributed by atoms with van der Waals surface area (Å²) in [6, 6.07) is 20.4. The van der Waals surface area contributed by atoms with E-state index in [-0.39, 0.29) is 5.78 Å². The van der Waals surface area contributed by atoms with E-state index in [0.29, 0.717) is 28.4 Å². The number of nitrogen functional groups attached to an aromatic ring is 2. The van der Waals surface area contributed by atoms with E-state index in [2.05, 4.69) is 31.2 Å². The molecule has 0 aromatic heterocycles. The fourth-order valence-corrected chi connectivity index (χ4v) is 3.17. The number of hydrogen-bond donors (Lipinski definition) is 2. The minimum atomic E-state index is -0.0539. The molecule has 0 aliphatic rings. The molecule has 0 radical (unpaired) electrons. The van der Waals surface area contributed by atoms with Gasteiger partial charge in [0.15, 0.2) is 5.78 Å². The van der Waals surface area contributed by atoms with E-state index in [9.17, 15) is 4.79 Å². The Morgan fingerprint density at radius 3 is 2.17 bits per heavy atom. The van der Waals surface area contributed by atoms with Crippen LogP contribution in [0.25, 0.3) is 6.08 Å². The lowest BCUT2D eigenvalue weighted by Gasteiger charge is -2.08. The number of unbranched alkanes of at least 4 members (excludes halogenated alkanes) is 2. The van der Waals surface area contributed by atoms with Crippen LogP contribution in [0.1, 0.15) is 47.7 Å². The van der Waals surface area contributed by atoms with E-state index in [4.69, 9.17) is 16.2 Å². The van der Waals surface area contributed by atoms with Crippen LogP contribution < -0.4 is 16.2 Å². The van der Waals surface area contributed by atoms with Crippen molar-refractivity contribution in [2.75, 3.05) is 11.5 Å².